The van der Waals surface area contributed by atoms with E-state index in [4.69, 9.17) is 4.74 Å². The molecule has 16 heavy (non-hydrogen) atoms. The summed E-state index contributed by atoms with van der Waals surface area (Å²) in [5.41, 5.74) is 3.61. The molecule has 0 spiro atoms. The second kappa shape index (κ2) is 4.84. The summed E-state index contributed by atoms with van der Waals surface area (Å²) in [4.78, 5) is 0. The SMILES string of the molecule is Cc1ccc(C)c(OCc2ccccc2)c1. The molecule has 0 aliphatic heterocycles. The van der Waals surface area contributed by atoms with Gasteiger partial charge in [-0.15, -0.1) is 0 Å². The van der Waals surface area contributed by atoms with Crippen LogP contribution in [0.1, 0.15) is 16.7 Å². The molecule has 2 aromatic carbocycles. The van der Waals surface area contributed by atoms with Crippen LogP contribution in [0.4, 0.5) is 0 Å². The highest BCUT2D eigenvalue weighted by Crippen LogP contribution is 2.20. The van der Waals surface area contributed by atoms with E-state index in [0.29, 0.717) is 6.61 Å². The minimum Gasteiger partial charge on any atom is -0.489 e. The zero-order valence-corrected chi connectivity index (χ0v) is 9.73. The summed E-state index contributed by atoms with van der Waals surface area (Å²) < 4.78 is 5.80. The van der Waals surface area contributed by atoms with Crippen molar-refractivity contribution in [1.29, 1.82) is 0 Å². The Hall–Kier alpha value is -1.76. The van der Waals surface area contributed by atoms with E-state index >= 15 is 0 Å². The van der Waals surface area contributed by atoms with Gasteiger partial charge in [0.05, 0.1) is 0 Å². The van der Waals surface area contributed by atoms with Crippen molar-refractivity contribution in [2.24, 2.45) is 0 Å². The van der Waals surface area contributed by atoms with Crippen molar-refractivity contribution in [3.05, 3.63) is 65.2 Å². The molecule has 82 valence electrons. The average molecular weight is 212 g/mol. The third kappa shape index (κ3) is 2.63. The van der Waals surface area contributed by atoms with Crippen LogP contribution < -0.4 is 4.74 Å². The molecule has 0 aromatic heterocycles. The highest BCUT2D eigenvalue weighted by atomic mass is 16.5. The van der Waals surface area contributed by atoms with Gasteiger partial charge in [0.25, 0.3) is 0 Å². The van der Waals surface area contributed by atoms with E-state index in [1.54, 1.807) is 0 Å². The van der Waals surface area contributed by atoms with Crippen LogP contribution >= 0.6 is 0 Å². The monoisotopic (exact) mass is 212 g/mol. The fourth-order valence-electron chi connectivity index (χ4n) is 1.60. The normalized spacial score (nSPS) is 10.1. The average Bonchev–Trinajstić information content (AvgIpc) is 2.32. The van der Waals surface area contributed by atoms with Crippen molar-refractivity contribution >= 4 is 0 Å². The van der Waals surface area contributed by atoms with Crippen LogP contribution in [0.3, 0.4) is 0 Å². The first-order valence-corrected chi connectivity index (χ1v) is 5.50. The predicted molar refractivity (Wildman–Crippen MR) is 66.7 cm³/mol. The van der Waals surface area contributed by atoms with Crippen LogP contribution in [-0.4, -0.2) is 0 Å². The van der Waals surface area contributed by atoms with Gasteiger partial charge < -0.3 is 4.74 Å². The first kappa shape index (κ1) is 10.7. The molecule has 0 saturated heterocycles. The summed E-state index contributed by atoms with van der Waals surface area (Å²) >= 11 is 0. The van der Waals surface area contributed by atoms with Gasteiger partial charge in [-0.2, -0.15) is 0 Å². The zero-order valence-electron chi connectivity index (χ0n) is 9.73. The summed E-state index contributed by atoms with van der Waals surface area (Å²) in [6, 6.07) is 16.5. The third-order valence-corrected chi connectivity index (χ3v) is 2.58. The van der Waals surface area contributed by atoms with Gasteiger partial charge in [0.2, 0.25) is 0 Å². The van der Waals surface area contributed by atoms with Crippen LogP contribution in [-0.2, 0) is 6.61 Å². The van der Waals surface area contributed by atoms with E-state index < -0.39 is 0 Å². The van der Waals surface area contributed by atoms with Gasteiger partial charge in [-0.25, -0.2) is 0 Å². The molecule has 0 amide bonds. The van der Waals surface area contributed by atoms with Gasteiger partial charge in [-0.1, -0.05) is 42.5 Å². The van der Waals surface area contributed by atoms with Crippen LogP contribution in [0.5, 0.6) is 5.75 Å². The molecule has 0 radical (unpaired) electrons. The predicted octanol–water partition coefficient (Wildman–Crippen LogP) is 3.88. The number of aryl methyl sites for hydroxylation is 2. The molecule has 2 rings (SSSR count). The standard InChI is InChI=1S/C15H16O/c1-12-8-9-13(2)15(10-12)16-11-14-6-4-3-5-7-14/h3-10H,11H2,1-2H3. The number of hydrogen-bond donors (Lipinski definition) is 0. The Labute approximate surface area is 96.7 Å². The molecule has 0 bridgehead atoms. The van der Waals surface area contributed by atoms with Gasteiger partial charge in [0, 0.05) is 0 Å². The first-order chi connectivity index (χ1) is 7.75. The lowest BCUT2D eigenvalue weighted by atomic mass is 10.1. The third-order valence-electron chi connectivity index (χ3n) is 2.58. The van der Waals surface area contributed by atoms with Gasteiger partial charge in [-0.05, 0) is 36.6 Å². The molecule has 1 heteroatoms. The molecule has 0 fully saturated rings. The second-order valence-electron chi connectivity index (χ2n) is 4.04. The number of benzene rings is 2. The molecular weight excluding hydrogens is 196 g/mol. The Morgan fingerprint density at radius 1 is 0.938 bits per heavy atom. The molecule has 0 aliphatic carbocycles. The molecule has 2 aromatic rings. The van der Waals surface area contributed by atoms with E-state index in [0.717, 1.165) is 5.75 Å². The summed E-state index contributed by atoms with van der Waals surface area (Å²) in [7, 11) is 0. The van der Waals surface area contributed by atoms with Gasteiger partial charge in [0.1, 0.15) is 12.4 Å². The Balaban J connectivity index is 2.08. The molecule has 0 unspecified atom stereocenters. The topological polar surface area (TPSA) is 9.23 Å². The molecule has 1 nitrogen and oxygen atoms in total. The lowest BCUT2D eigenvalue weighted by Gasteiger charge is -2.09. The van der Waals surface area contributed by atoms with Crippen molar-refractivity contribution in [3.8, 4) is 5.75 Å². The number of hydrogen-bond acceptors (Lipinski definition) is 1. The van der Waals surface area contributed by atoms with Crippen LogP contribution in [0.15, 0.2) is 48.5 Å². The zero-order chi connectivity index (χ0) is 11.4. The molecule has 0 saturated carbocycles. The number of rotatable bonds is 3. The maximum absolute atomic E-state index is 5.80. The summed E-state index contributed by atoms with van der Waals surface area (Å²) in [6.07, 6.45) is 0. The van der Waals surface area contributed by atoms with E-state index in [1.165, 1.54) is 16.7 Å². The summed E-state index contributed by atoms with van der Waals surface area (Å²) in [5.74, 6) is 0.976. The van der Waals surface area contributed by atoms with Crippen molar-refractivity contribution in [1.82, 2.24) is 0 Å². The Morgan fingerprint density at radius 2 is 1.69 bits per heavy atom. The van der Waals surface area contributed by atoms with Crippen molar-refractivity contribution in [2.75, 3.05) is 0 Å². The smallest absolute Gasteiger partial charge is 0.122 e. The molecule has 0 aliphatic rings. The molecule has 0 heterocycles. The van der Waals surface area contributed by atoms with E-state index in [9.17, 15) is 0 Å². The lowest BCUT2D eigenvalue weighted by molar-refractivity contribution is 0.304. The first-order valence-electron chi connectivity index (χ1n) is 5.50. The Bertz CT molecular complexity index is 460. The minimum absolute atomic E-state index is 0.630. The quantitative estimate of drug-likeness (QED) is 0.750. The Morgan fingerprint density at radius 3 is 2.44 bits per heavy atom. The van der Waals surface area contributed by atoms with E-state index in [-0.39, 0.29) is 0 Å². The molecular formula is C15H16O. The summed E-state index contributed by atoms with van der Waals surface area (Å²) in [6.45, 7) is 4.78. The highest BCUT2D eigenvalue weighted by molar-refractivity contribution is 5.36. The van der Waals surface area contributed by atoms with E-state index in [1.807, 2.05) is 18.2 Å². The fraction of sp³-hybridized carbons (Fsp3) is 0.200. The van der Waals surface area contributed by atoms with Crippen molar-refractivity contribution < 1.29 is 4.74 Å². The van der Waals surface area contributed by atoms with Crippen LogP contribution in [0.2, 0.25) is 0 Å². The summed E-state index contributed by atoms with van der Waals surface area (Å²) in [5, 5.41) is 0. The number of ether oxygens (including phenoxy) is 1. The maximum atomic E-state index is 5.80. The fourth-order valence-corrected chi connectivity index (χ4v) is 1.60. The van der Waals surface area contributed by atoms with Crippen molar-refractivity contribution in [2.45, 2.75) is 20.5 Å². The molecule has 0 atom stereocenters. The van der Waals surface area contributed by atoms with Gasteiger partial charge >= 0.3 is 0 Å². The van der Waals surface area contributed by atoms with Gasteiger partial charge in [0.15, 0.2) is 0 Å². The van der Waals surface area contributed by atoms with E-state index in [2.05, 4.69) is 44.2 Å². The maximum Gasteiger partial charge on any atom is 0.122 e. The molecule has 0 N–H and O–H groups in total. The highest BCUT2D eigenvalue weighted by Gasteiger charge is 2.00. The second-order valence-corrected chi connectivity index (χ2v) is 4.04. The Kier molecular flexibility index (Phi) is 3.25. The largest absolute Gasteiger partial charge is 0.489 e. The lowest BCUT2D eigenvalue weighted by Crippen LogP contribution is -1.96. The minimum atomic E-state index is 0.630. The van der Waals surface area contributed by atoms with Crippen LogP contribution in [0, 0.1) is 13.8 Å². The van der Waals surface area contributed by atoms with Crippen molar-refractivity contribution in [3.63, 3.8) is 0 Å². The van der Waals surface area contributed by atoms with Crippen LogP contribution in [0.25, 0.3) is 0 Å². The van der Waals surface area contributed by atoms with Gasteiger partial charge in [-0.3, -0.25) is 0 Å².